The molecule has 0 saturated carbocycles. The molecular weight excluding hydrogens is 360 g/mol. The molecule has 2 rings (SSSR count). The highest BCUT2D eigenvalue weighted by atomic mass is 35.5. The van der Waals surface area contributed by atoms with Crippen LogP contribution in [-0.4, -0.2) is 64.5 Å². The van der Waals surface area contributed by atoms with Gasteiger partial charge in [-0.3, -0.25) is 0 Å². The van der Waals surface area contributed by atoms with E-state index in [9.17, 15) is 15.3 Å². The van der Waals surface area contributed by atoms with Crippen molar-refractivity contribution in [2.75, 3.05) is 13.2 Å². The average molecular weight is 379 g/mol. The van der Waals surface area contributed by atoms with E-state index in [0.717, 1.165) is 0 Å². The van der Waals surface area contributed by atoms with Crippen LogP contribution in [0.5, 0.6) is 5.75 Å². The zero-order valence-corrected chi connectivity index (χ0v) is 14.4. The minimum absolute atomic E-state index is 0.272. The Morgan fingerprint density at radius 1 is 1.25 bits per heavy atom. The topological polar surface area (TPSA) is 97.6 Å². The molecule has 1 heterocycles. The number of hydrogen-bond donors (Lipinski definition) is 3. The third kappa shape index (κ3) is 4.76. The molecular formula is C15H19ClO7S. The first-order valence-electron chi connectivity index (χ1n) is 7.34. The second kappa shape index (κ2) is 8.91. The van der Waals surface area contributed by atoms with Crippen LogP contribution < -0.4 is 4.74 Å². The van der Waals surface area contributed by atoms with Crippen LogP contribution in [0.15, 0.2) is 24.3 Å². The van der Waals surface area contributed by atoms with Gasteiger partial charge in [-0.25, -0.2) is 0 Å². The minimum Gasteiger partial charge on any atom is -0.447 e. The van der Waals surface area contributed by atoms with Gasteiger partial charge in [-0.05, 0) is 31.2 Å². The van der Waals surface area contributed by atoms with E-state index in [1.807, 2.05) is 0 Å². The highest BCUT2D eigenvalue weighted by molar-refractivity contribution is 7.79. The predicted molar refractivity (Wildman–Crippen MR) is 88.9 cm³/mol. The van der Waals surface area contributed by atoms with E-state index >= 15 is 0 Å². The van der Waals surface area contributed by atoms with Gasteiger partial charge in [0.1, 0.15) is 24.1 Å². The van der Waals surface area contributed by atoms with E-state index in [0.29, 0.717) is 10.8 Å². The SMILES string of the molecule is CCO[C@H]1O[C@H](CO)[C@H](O)[C@H](OC(=S)Oc2ccc(Cl)cc2)[C@H]1O. The van der Waals surface area contributed by atoms with Crippen molar-refractivity contribution in [1.82, 2.24) is 0 Å². The van der Waals surface area contributed by atoms with Crippen molar-refractivity contribution in [3.8, 4) is 5.75 Å². The van der Waals surface area contributed by atoms with E-state index < -0.39 is 37.3 Å². The smallest absolute Gasteiger partial charge is 0.358 e. The van der Waals surface area contributed by atoms with Crippen LogP contribution in [0.4, 0.5) is 0 Å². The fourth-order valence-electron chi connectivity index (χ4n) is 2.23. The van der Waals surface area contributed by atoms with Gasteiger partial charge in [0.05, 0.1) is 6.61 Å². The average Bonchev–Trinajstić information content (AvgIpc) is 2.56. The lowest BCUT2D eigenvalue weighted by molar-refractivity contribution is -0.298. The second-order valence-corrected chi connectivity index (χ2v) is 5.82. The molecule has 1 aliphatic rings. The second-order valence-electron chi connectivity index (χ2n) is 5.05. The fraction of sp³-hybridized carbons (Fsp3) is 0.533. The molecule has 3 N–H and O–H groups in total. The quantitative estimate of drug-likeness (QED) is 0.649. The lowest BCUT2D eigenvalue weighted by Gasteiger charge is -2.41. The van der Waals surface area contributed by atoms with Crippen LogP contribution in [0.3, 0.4) is 0 Å². The van der Waals surface area contributed by atoms with Crippen LogP contribution in [0.25, 0.3) is 0 Å². The van der Waals surface area contributed by atoms with Gasteiger partial charge in [-0.15, -0.1) is 0 Å². The molecule has 5 atom stereocenters. The minimum atomic E-state index is -1.31. The van der Waals surface area contributed by atoms with Gasteiger partial charge >= 0.3 is 5.24 Å². The number of benzene rings is 1. The monoisotopic (exact) mass is 378 g/mol. The molecule has 0 spiro atoms. The lowest BCUT2D eigenvalue weighted by atomic mass is 9.99. The molecule has 134 valence electrons. The van der Waals surface area contributed by atoms with Crippen molar-refractivity contribution in [2.45, 2.75) is 37.6 Å². The molecule has 7 nitrogen and oxygen atoms in total. The van der Waals surface area contributed by atoms with Crippen LogP contribution >= 0.6 is 23.8 Å². The third-order valence-electron chi connectivity index (χ3n) is 3.40. The van der Waals surface area contributed by atoms with E-state index in [1.165, 1.54) is 0 Å². The maximum Gasteiger partial charge on any atom is 0.358 e. The summed E-state index contributed by atoms with van der Waals surface area (Å²) in [5, 5.41) is 30.0. The number of ether oxygens (including phenoxy) is 4. The van der Waals surface area contributed by atoms with E-state index in [2.05, 4.69) is 0 Å². The Morgan fingerprint density at radius 3 is 2.50 bits per heavy atom. The van der Waals surface area contributed by atoms with E-state index in [4.69, 9.17) is 42.8 Å². The van der Waals surface area contributed by atoms with Gasteiger partial charge in [0.25, 0.3) is 0 Å². The number of thiocarbonyl (C=S) groups is 1. The van der Waals surface area contributed by atoms with Crippen LogP contribution in [0.1, 0.15) is 6.92 Å². The molecule has 9 heteroatoms. The van der Waals surface area contributed by atoms with Crippen molar-refractivity contribution in [1.29, 1.82) is 0 Å². The lowest BCUT2D eigenvalue weighted by Crippen LogP contribution is -2.60. The molecule has 0 bridgehead atoms. The van der Waals surface area contributed by atoms with Crippen molar-refractivity contribution >= 4 is 29.1 Å². The first-order chi connectivity index (χ1) is 11.5. The summed E-state index contributed by atoms with van der Waals surface area (Å²) in [7, 11) is 0. The van der Waals surface area contributed by atoms with Crippen LogP contribution in [-0.2, 0) is 14.2 Å². The van der Waals surface area contributed by atoms with Gasteiger partial charge in [-0.1, -0.05) is 11.6 Å². The van der Waals surface area contributed by atoms with Gasteiger partial charge in [0.15, 0.2) is 12.4 Å². The molecule has 0 aliphatic carbocycles. The zero-order chi connectivity index (χ0) is 17.7. The maximum absolute atomic E-state index is 10.2. The van der Waals surface area contributed by atoms with E-state index in [-0.39, 0.29) is 11.8 Å². The van der Waals surface area contributed by atoms with Gasteiger partial charge < -0.3 is 34.3 Å². The van der Waals surface area contributed by atoms with Gasteiger partial charge in [0.2, 0.25) is 0 Å². The summed E-state index contributed by atoms with van der Waals surface area (Å²) in [6, 6.07) is 6.41. The summed E-state index contributed by atoms with van der Waals surface area (Å²) in [5.74, 6) is 0.389. The molecule has 1 aromatic carbocycles. The molecule has 1 aromatic rings. The number of hydrogen-bond acceptors (Lipinski definition) is 8. The molecule has 24 heavy (non-hydrogen) atoms. The molecule has 0 unspecified atom stereocenters. The first-order valence-corrected chi connectivity index (χ1v) is 8.13. The molecule has 0 aromatic heterocycles. The molecule has 1 fully saturated rings. The number of halogens is 1. The largest absolute Gasteiger partial charge is 0.447 e. The normalized spacial score (nSPS) is 30.0. The Hall–Kier alpha value is -1.00. The number of aliphatic hydroxyl groups excluding tert-OH is 3. The standard InChI is InChI=1S/C15H19ClO7S/c1-2-20-14-12(19)13(11(18)10(7-17)22-14)23-15(24)21-9-5-3-8(16)4-6-9/h3-6,10-14,17-19H,2,7H2,1H3/t10-,11+,12-,13+,14+/m1/s1. The van der Waals surface area contributed by atoms with Gasteiger partial charge in [-0.2, -0.15) is 0 Å². The maximum atomic E-state index is 10.2. The Labute approximate surface area is 149 Å². The Morgan fingerprint density at radius 2 is 1.92 bits per heavy atom. The van der Waals surface area contributed by atoms with E-state index in [1.54, 1.807) is 31.2 Å². The van der Waals surface area contributed by atoms with Crippen molar-refractivity contribution in [3.63, 3.8) is 0 Å². The zero-order valence-electron chi connectivity index (χ0n) is 12.9. The Balaban J connectivity index is 2.03. The predicted octanol–water partition coefficient (Wildman–Crippen LogP) is 0.864. The molecule has 1 saturated heterocycles. The van der Waals surface area contributed by atoms with Crippen molar-refractivity contribution in [2.24, 2.45) is 0 Å². The van der Waals surface area contributed by atoms with Crippen LogP contribution in [0, 0.1) is 0 Å². The molecule has 0 radical (unpaired) electrons. The van der Waals surface area contributed by atoms with Crippen molar-refractivity contribution in [3.05, 3.63) is 29.3 Å². The summed E-state index contributed by atoms with van der Waals surface area (Å²) in [6.07, 6.45) is -5.83. The summed E-state index contributed by atoms with van der Waals surface area (Å²) >= 11 is 10.8. The third-order valence-corrected chi connectivity index (χ3v) is 3.83. The first kappa shape index (κ1) is 19.3. The Kier molecular flexibility index (Phi) is 7.17. The Bertz CT molecular complexity index is 541. The highest BCUT2D eigenvalue weighted by Gasteiger charge is 2.47. The van der Waals surface area contributed by atoms with Crippen LogP contribution in [0.2, 0.25) is 5.02 Å². The van der Waals surface area contributed by atoms with Gasteiger partial charge in [0, 0.05) is 23.8 Å². The summed E-state index contributed by atoms with van der Waals surface area (Å²) in [6.45, 7) is 1.52. The highest BCUT2D eigenvalue weighted by Crippen LogP contribution is 2.25. The summed E-state index contributed by atoms with van der Waals surface area (Å²) < 4.78 is 21.2. The number of aliphatic hydroxyl groups is 3. The molecule has 1 aliphatic heterocycles. The summed E-state index contributed by atoms with van der Waals surface area (Å²) in [5.41, 5.74) is 0. The summed E-state index contributed by atoms with van der Waals surface area (Å²) in [4.78, 5) is 0. The fourth-order valence-corrected chi connectivity index (χ4v) is 2.56. The molecule has 0 amide bonds. The number of rotatable bonds is 5. The van der Waals surface area contributed by atoms with Crippen molar-refractivity contribution < 1.29 is 34.3 Å².